The second-order valence-corrected chi connectivity index (χ2v) is 5.54. The van der Waals surface area contributed by atoms with E-state index in [0.29, 0.717) is 6.04 Å². The molecule has 1 N–H and O–H groups in total. The Labute approximate surface area is 114 Å². The third kappa shape index (κ3) is 2.19. The molecule has 1 saturated carbocycles. The van der Waals surface area contributed by atoms with Crippen LogP contribution in [-0.4, -0.2) is 11.2 Å². The molecule has 2 heterocycles. The summed E-state index contributed by atoms with van der Waals surface area (Å²) in [6.45, 7) is 2.09. The fraction of sp³-hybridized carbons (Fsp3) is 0.438. The van der Waals surface area contributed by atoms with Crippen molar-refractivity contribution < 1.29 is 4.52 Å². The Balaban J connectivity index is 0.00000110. The minimum Gasteiger partial charge on any atom is -0.356 e. The van der Waals surface area contributed by atoms with Crippen LogP contribution in [0.25, 0.3) is 11.3 Å². The van der Waals surface area contributed by atoms with Crippen molar-refractivity contribution in [1.29, 1.82) is 0 Å². The van der Waals surface area contributed by atoms with Crippen molar-refractivity contribution in [2.75, 3.05) is 0 Å². The molecule has 1 saturated heterocycles. The van der Waals surface area contributed by atoms with E-state index in [2.05, 4.69) is 47.7 Å². The molecular weight excluding hydrogens is 236 g/mol. The molecule has 3 nitrogen and oxygen atoms in total. The summed E-state index contributed by atoms with van der Waals surface area (Å²) >= 11 is 0. The van der Waals surface area contributed by atoms with Crippen LogP contribution in [0, 0.1) is 12.8 Å². The smallest absolute Gasteiger partial charge is 0.167 e. The molecule has 2 aromatic rings. The summed E-state index contributed by atoms with van der Waals surface area (Å²) in [5, 5.41) is 7.82. The Hall–Kier alpha value is -1.61. The summed E-state index contributed by atoms with van der Waals surface area (Å²) in [6, 6.07) is 11.6. The Kier molecular flexibility index (Phi) is 2.94. The summed E-state index contributed by atoms with van der Waals surface area (Å²) in [5.41, 5.74) is 3.40. The number of aryl methyl sites for hydroxylation is 1. The van der Waals surface area contributed by atoms with Gasteiger partial charge in [-0.2, -0.15) is 0 Å². The number of nitrogens with zero attached hydrogens (tertiary/aromatic N) is 1. The van der Waals surface area contributed by atoms with Crippen LogP contribution in [0.1, 0.15) is 37.6 Å². The number of hydrogen-bond acceptors (Lipinski definition) is 3. The summed E-state index contributed by atoms with van der Waals surface area (Å²) in [6.07, 6.45) is 2.56. The zero-order chi connectivity index (χ0) is 12.1. The number of piperidine rings is 1. The lowest BCUT2D eigenvalue weighted by atomic mass is 10.1. The molecule has 1 aliphatic carbocycles. The SMILES string of the molecule is C.Cc1cccc(-c2cc(C3CC4CC4N3)no2)c1. The first-order valence-corrected chi connectivity index (χ1v) is 6.59. The van der Waals surface area contributed by atoms with Crippen LogP contribution in [0.15, 0.2) is 34.9 Å². The molecule has 1 aromatic carbocycles. The largest absolute Gasteiger partial charge is 0.356 e. The lowest BCUT2D eigenvalue weighted by Gasteiger charge is -2.07. The van der Waals surface area contributed by atoms with E-state index in [0.717, 1.165) is 29.0 Å². The minimum absolute atomic E-state index is 0. The zero-order valence-corrected chi connectivity index (χ0v) is 10.4. The third-order valence-electron chi connectivity index (χ3n) is 4.06. The maximum Gasteiger partial charge on any atom is 0.167 e. The predicted octanol–water partition coefficient (Wildman–Crippen LogP) is 3.71. The molecule has 100 valence electrons. The first kappa shape index (κ1) is 12.4. The lowest BCUT2D eigenvalue weighted by molar-refractivity contribution is 0.407. The summed E-state index contributed by atoms with van der Waals surface area (Å²) < 4.78 is 5.48. The van der Waals surface area contributed by atoms with Crippen molar-refractivity contribution in [1.82, 2.24) is 10.5 Å². The van der Waals surface area contributed by atoms with Crippen molar-refractivity contribution in [3.63, 3.8) is 0 Å². The molecule has 2 fully saturated rings. The molecule has 19 heavy (non-hydrogen) atoms. The molecule has 0 spiro atoms. The highest BCUT2D eigenvalue weighted by Gasteiger charge is 2.46. The third-order valence-corrected chi connectivity index (χ3v) is 4.06. The van der Waals surface area contributed by atoms with Crippen LogP contribution in [0.5, 0.6) is 0 Å². The Morgan fingerprint density at radius 3 is 2.89 bits per heavy atom. The van der Waals surface area contributed by atoms with Crippen molar-refractivity contribution >= 4 is 0 Å². The van der Waals surface area contributed by atoms with Gasteiger partial charge >= 0.3 is 0 Å². The van der Waals surface area contributed by atoms with Gasteiger partial charge in [0.25, 0.3) is 0 Å². The van der Waals surface area contributed by atoms with E-state index < -0.39 is 0 Å². The number of hydrogen-bond donors (Lipinski definition) is 1. The first-order valence-electron chi connectivity index (χ1n) is 6.59. The van der Waals surface area contributed by atoms with E-state index in [1.54, 1.807) is 0 Å². The molecule has 4 rings (SSSR count). The Morgan fingerprint density at radius 2 is 2.16 bits per heavy atom. The van der Waals surface area contributed by atoms with Gasteiger partial charge in [-0.15, -0.1) is 0 Å². The fourth-order valence-electron chi connectivity index (χ4n) is 2.94. The standard InChI is InChI=1S/C15H16N2O.CH4/c1-9-3-2-4-10(5-9)15-8-14(17-18-15)13-7-11-6-12(11)16-13;/h2-5,8,11-13,16H,6-7H2,1H3;1H4. The molecule has 0 bridgehead atoms. The molecule has 3 unspecified atom stereocenters. The van der Waals surface area contributed by atoms with E-state index in [1.807, 2.05) is 0 Å². The lowest BCUT2D eigenvalue weighted by Crippen LogP contribution is -2.17. The molecule has 1 aliphatic heterocycles. The van der Waals surface area contributed by atoms with E-state index in [4.69, 9.17) is 4.52 Å². The molecule has 0 radical (unpaired) electrons. The summed E-state index contributed by atoms with van der Waals surface area (Å²) in [7, 11) is 0. The number of benzene rings is 1. The molecule has 1 aromatic heterocycles. The van der Waals surface area contributed by atoms with Gasteiger partial charge in [0.05, 0.1) is 6.04 Å². The normalized spacial score (nSPS) is 27.7. The van der Waals surface area contributed by atoms with E-state index in [9.17, 15) is 0 Å². The van der Waals surface area contributed by atoms with Gasteiger partial charge in [0.1, 0.15) is 5.69 Å². The topological polar surface area (TPSA) is 38.1 Å². The van der Waals surface area contributed by atoms with Crippen molar-refractivity contribution in [3.8, 4) is 11.3 Å². The quantitative estimate of drug-likeness (QED) is 0.890. The van der Waals surface area contributed by atoms with Crippen LogP contribution >= 0.6 is 0 Å². The maximum absolute atomic E-state index is 5.48. The van der Waals surface area contributed by atoms with E-state index in [1.165, 1.54) is 18.4 Å². The van der Waals surface area contributed by atoms with Gasteiger partial charge in [-0.05, 0) is 31.7 Å². The second-order valence-electron chi connectivity index (χ2n) is 5.54. The monoisotopic (exact) mass is 256 g/mol. The highest BCUT2D eigenvalue weighted by Crippen LogP contribution is 2.46. The number of fused-ring (bicyclic) bond motifs is 1. The summed E-state index contributed by atoms with van der Waals surface area (Å²) in [4.78, 5) is 0. The molecule has 3 heteroatoms. The zero-order valence-electron chi connectivity index (χ0n) is 10.4. The van der Waals surface area contributed by atoms with Crippen LogP contribution in [0.4, 0.5) is 0 Å². The van der Waals surface area contributed by atoms with E-state index >= 15 is 0 Å². The average molecular weight is 256 g/mol. The average Bonchev–Trinajstić information content (AvgIpc) is 2.83. The van der Waals surface area contributed by atoms with Gasteiger partial charge in [-0.1, -0.05) is 36.3 Å². The van der Waals surface area contributed by atoms with Crippen LogP contribution in [0.3, 0.4) is 0 Å². The Morgan fingerprint density at radius 1 is 1.26 bits per heavy atom. The van der Waals surface area contributed by atoms with Crippen LogP contribution in [0.2, 0.25) is 0 Å². The first-order chi connectivity index (χ1) is 8.79. The van der Waals surface area contributed by atoms with Gasteiger partial charge in [0, 0.05) is 17.7 Å². The molecule has 3 atom stereocenters. The van der Waals surface area contributed by atoms with Crippen LogP contribution < -0.4 is 5.32 Å². The van der Waals surface area contributed by atoms with Crippen molar-refractivity contribution in [2.24, 2.45) is 5.92 Å². The van der Waals surface area contributed by atoms with Crippen molar-refractivity contribution in [2.45, 2.75) is 39.3 Å². The molecular formula is C16H20N2O. The van der Waals surface area contributed by atoms with Gasteiger partial charge in [-0.3, -0.25) is 0 Å². The van der Waals surface area contributed by atoms with Gasteiger partial charge < -0.3 is 9.84 Å². The van der Waals surface area contributed by atoms with Gasteiger partial charge in [0.2, 0.25) is 0 Å². The number of aromatic nitrogens is 1. The minimum atomic E-state index is 0. The van der Waals surface area contributed by atoms with Gasteiger partial charge in [-0.25, -0.2) is 0 Å². The van der Waals surface area contributed by atoms with Crippen molar-refractivity contribution in [3.05, 3.63) is 41.6 Å². The van der Waals surface area contributed by atoms with Gasteiger partial charge in [0.15, 0.2) is 5.76 Å². The number of nitrogens with one attached hydrogen (secondary N) is 1. The number of rotatable bonds is 2. The molecule has 0 amide bonds. The fourth-order valence-corrected chi connectivity index (χ4v) is 2.94. The van der Waals surface area contributed by atoms with Crippen LogP contribution in [-0.2, 0) is 0 Å². The summed E-state index contributed by atoms with van der Waals surface area (Å²) in [5.74, 6) is 1.75. The highest BCUT2D eigenvalue weighted by atomic mass is 16.5. The molecule has 2 aliphatic rings. The maximum atomic E-state index is 5.48. The Bertz CT molecular complexity index is 580. The highest BCUT2D eigenvalue weighted by molar-refractivity contribution is 5.58. The predicted molar refractivity (Wildman–Crippen MR) is 75.8 cm³/mol. The van der Waals surface area contributed by atoms with E-state index in [-0.39, 0.29) is 7.43 Å². The second kappa shape index (κ2) is 4.49.